The van der Waals surface area contributed by atoms with Gasteiger partial charge in [0.1, 0.15) is 17.1 Å². The Labute approximate surface area is 119 Å². The van der Waals surface area contributed by atoms with Crippen molar-refractivity contribution in [2.75, 3.05) is 12.4 Å². The molecule has 0 bridgehead atoms. The van der Waals surface area contributed by atoms with Crippen molar-refractivity contribution >= 4 is 17.3 Å². The predicted octanol–water partition coefficient (Wildman–Crippen LogP) is 2.56. The fourth-order valence-corrected chi connectivity index (χ4v) is 1.74. The second-order valence-electron chi connectivity index (χ2n) is 4.14. The quantitative estimate of drug-likeness (QED) is 0.665. The Hall–Kier alpha value is -3.09. The van der Waals surface area contributed by atoms with Crippen molar-refractivity contribution < 1.29 is 19.6 Å². The summed E-state index contributed by atoms with van der Waals surface area (Å²) in [5.74, 6) is -0.278. The second-order valence-corrected chi connectivity index (χ2v) is 4.14. The van der Waals surface area contributed by atoms with Crippen molar-refractivity contribution in [3.8, 4) is 11.5 Å². The Balaban J connectivity index is 2.27. The monoisotopic (exact) mass is 288 g/mol. The summed E-state index contributed by atoms with van der Waals surface area (Å²) in [6.07, 6.45) is 0. The average Bonchev–Trinajstić information content (AvgIpc) is 2.47. The highest BCUT2D eigenvalue weighted by Gasteiger charge is 2.20. The van der Waals surface area contributed by atoms with Crippen molar-refractivity contribution in [2.45, 2.75) is 0 Å². The van der Waals surface area contributed by atoms with E-state index in [2.05, 4.69) is 5.32 Å². The molecule has 2 aromatic rings. The SMILES string of the molecule is COc1ccc(NC(=O)c2cc(O)ccc2[N+](=O)[O-])cc1. The van der Waals surface area contributed by atoms with E-state index in [1.54, 1.807) is 24.3 Å². The van der Waals surface area contributed by atoms with Crippen LogP contribution in [0.1, 0.15) is 10.4 Å². The number of nitrogens with one attached hydrogen (secondary N) is 1. The molecule has 0 fully saturated rings. The van der Waals surface area contributed by atoms with Gasteiger partial charge in [0.2, 0.25) is 0 Å². The normalized spacial score (nSPS) is 9.95. The summed E-state index contributed by atoms with van der Waals surface area (Å²) >= 11 is 0. The maximum atomic E-state index is 12.1. The third-order valence-electron chi connectivity index (χ3n) is 2.77. The van der Waals surface area contributed by atoms with E-state index >= 15 is 0 Å². The zero-order chi connectivity index (χ0) is 15.4. The standard InChI is InChI=1S/C14H12N2O5/c1-21-11-5-2-9(3-6-11)15-14(18)12-8-10(17)4-7-13(12)16(19)20/h2-8,17H,1H3,(H,15,18). The molecule has 0 aliphatic rings. The molecular weight excluding hydrogens is 276 g/mol. The van der Waals surface area contributed by atoms with Crippen LogP contribution in [0.4, 0.5) is 11.4 Å². The third kappa shape index (κ3) is 3.27. The van der Waals surface area contributed by atoms with Gasteiger partial charge in [0.05, 0.1) is 12.0 Å². The lowest BCUT2D eigenvalue weighted by molar-refractivity contribution is -0.385. The van der Waals surface area contributed by atoms with Crippen LogP contribution in [-0.4, -0.2) is 23.0 Å². The number of carbonyl (C=O) groups is 1. The molecule has 0 saturated carbocycles. The van der Waals surface area contributed by atoms with E-state index in [0.29, 0.717) is 11.4 Å². The Kier molecular flexibility index (Phi) is 4.03. The molecule has 0 saturated heterocycles. The molecule has 0 unspecified atom stereocenters. The number of anilines is 1. The van der Waals surface area contributed by atoms with Crippen LogP contribution < -0.4 is 10.1 Å². The molecule has 0 radical (unpaired) electrons. The van der Waals surface area contributed by atoms with Crippen LogP contribution in [0, 0.1) is 10.1 Å². The molecule has 2 aromatic carbocycles. The summed E-state index contributed by atoms with van der Waals surface area (Å²) in [6, 6.07) is 9.78. The minimum absolute atomic E-state index is 0.212. The minimum atomic E-state index is -0.678. The van der Waals surface area contributed by atoms with Crippen LogP contribution in [-0.2, 0) is 0 Å². The first-order chi connectivity index (χ1) is 10.0. The maximum absolute atomic E-state index is 12.1. The van der Waals surface area contributed by atoms with Gasteiger partial charge in [-0.05, 0) is 36.4 Å². The first kappa shape index (κ1) is 14.3. The zero-order valence-corrected chi connectivity index (χ0v) is 11.1. The van der Waals surface area contributed by atoms with Gasteiger partial charge < -0.3 is 15.2 Å². The van der Waals surface area contributed by atoms with Crippen molar-refractivity contribution in [1.82, 2.24) is 0 Å². The van der Waals surface area contributed by atoms with Gasteiger partial charge >= 0.3 is 0 Å². The van der Waals surface area contributed by atoms with Gasteiger partial charge in [-0.25, -0.2) is 0 Å². The topological polar surface area (TPSA) is 102 Å². The predicted molar refractivity (Wildman–Crippen MR) is 75.7 cm³/mol. The van der Waals surface area contributed by atoms with E-state index < -0.39 is 10.8 Å². The number of nitro benzene ring substituents is 1. The number of aromatic hydroxyl groups is 1. The van der Waals surface area contributed by atoms with E-state index in [4.69, 9.17) is 4.74 Å². The summed E-state index contributed by atoms with van der Waals surface area (Å²) in [5, 5.41) is 22.8. The van der Waals surface area contributed by atoms with Gasteiger partial charge in [-0.3, -0.25) is 14.9 Å². The Bertz CT molecular complexity index is 682. The number of carbonyl (C=O) groups excluding carboxylic acids is 1. The number of amides is 1. The van der Waals surface area contributed by atoms with Gasteiger partial charge in [0.15, 0.2) is 0 Å². The molecule has 7 heteroatoms. The lowest BCUT2D eigenvalue weighted by Crippen LogP contribution is -2.13. The number of phenolic OH excluding ortho intramolecular Hbond substituents is 1. The van der Waals surface area contributed by atoms with E-state index in [1.165, 1.54) is 7.11 Å². The molecule has 21 heavy (non-hydrogen) atoms. The number of nitro groups is 1. The largest absolute Gasteiger partial charge is 0.508 e. The maximum Gasteiger partial charge on any atom is 0.282 e. The van der Waals surface area contributed by atoms with Crippen molar-refractivity contribution in [2.24, 2.45) is 0 Å². The summed E-state index contributed by atoms with van der Waals surface area (Å²) in [4.78, 5) is 22.3. The van der Waals surface area contributed by atoms with Gasteiger partial charge in [0, 0.05) is 11.8 Å². The molecule has 7 nitrogen and oxygen atoms in total. The van der Waals surface area contributed by atoms with Crippen LogP contribution >= 0.6 is 0 Å². The number of methoxy groups -OCH3 is 1. The number of benzene rings is 2. The fraction of sp³-hybridized carbons (Fsp3) is 0.0714. The van der Waals surface area contributed by atoms with Crippen molar-refractivity contribution in [3.05, 3.63) is 58.1 Å². The first-order valence-corrected chi connectivity index (χ1v) is 5.94. The Morgan fingerprint density at radius 1 is 1.24 bits per heavy atom. The number of ether oxygens (including phenoxy) is 1. The number of rotatable bonds is 4. The molecule has 0 atom stereocenters. The second kappa shape index (κ2) is 5.91. The van der Waals surface area contributed by atoms with Crippen LogP contribution in [0.2, 0.25) is 0 Å². The highest BCUT2D eigenvalue weighted by molar-refractivity contribution is 6.07. The number of phenols is 1. The van der Waals surface area contributed by atoms with Crippen LogP contribution in [0.5, 0.6) is 11.5 Å². The lowest BCUT2D eigenvalue weighted by atomic mass is 10.1. The van der Waals surface area contributed by atoms with E-state index in [-0.39, 0.29) is 17.0 Å². The lowest BCUT2D eigenvalue weighted by Gasteiger charge is -2.07. The first-order valence-electron chi connectivity index (χ1n) is 5.94. The molecule has 0 spiro atoms. The van der Waals surface area contributed by atoms with Crippen LogP contribution in [0.25, 0.3) is 0 Å². The highest BCUT2D eigenvalue weighted by Crippen LogP contribution is 2.24. The average molecular weight is 288 g/mol. The summed E-state index contributed by atoms with van der Waals surface area (Å²) in [6.45, 7) is 0. The van der Waals surface area contributed by atoms with E-state index in [0.717, 1.165) is 18.2 Å². The number of nitrogens with zero attached hydrogens (tertiary/aromatic N) is 1. The summed E-state index contributed by atoms with van der Waals surface area (Å²) < 4.78 is 4.99. The van der Waals surface area contributed by atoms with Gasteiger partial charge in [-0.15, -0.1) is 0 Å². The van der Waals surface area contributed by atoms with Gasteiger partial charge in [-0.1, -0.05) is 0 Å². The number of hydrogen-bond acceptors (Lipinski definition) is 5. The third-order valence-corrected chi connectivity index (χ3v) is 2.77. The van der Waals surface area contributed by atoms with E-state index in [9.17, 15) is 20.0 Å². The molecule has 0 aromatic heterocycles. The fourth-order valence-electron chi connectivity index (χ4n) is 1.74. The van der Waals surface area contributed by atoms with Gasteiger partial charge in [-0.2, -0.15) is 0 Å². The highest BCUT2D eigenvalue weighted by atomic mass is 16.6. The zero-order valence-electron chi connectivity index (χ0n) is 11.1. The van der Waals surface area contributed by atoms with Crippen molar-refractivity contribution in [3.63, 3.8) is 0 Å². The summed E-state index contributed by atoms with van der Waals surface area (Å²) in [5.41, 5.74) is -0.131. The summed E-state index contributed by atoms with van der Waals surface area (Å²) in [7, 11) is 1.52. The minimum Gasteiger partial charge on any atom is -0.508 e. The molecule has 1 amide bonds. The molecule has 2 rings (SSSR count). The molecule has 108 valence electrons. The molecule has 0 aliphatic heterocycles. The molecule has 2 N–H and O–H groups in total. The van der Waals surface area contributed by atoms with E-state index in [1.807, 2.05) is 0 Å². The van der Waals surface area contributed by atoms with Crippen LogP contribution in [0.3, 0.4) is 0 Å². The van der Waals surface area contributed by atoms with Crippen LogP contribution in [0.15, 0.2) is 42.5 Å². The smallest absolute Gasteiger partial charge is 0.282 e. The van der Waals surface area contributed by atoms with Gasteiger partial charge in [0.25, 0.3) is 11.6 Å². The Morgan fingerprint density at radius 2 is 1.90 bits per heavy atom. The Morgan fingerprint density at radius 3 is 2.48 bits per heavy atom. The van der Waals surface area contributed by atoms with Crippen molar-refractivity contribution in [1.29, 1.82) is 0 Å². The molecule has 0 aliphatic carbocycles. The number of hydrogen-bond donors (Lipinski definition) is 2. The molecule has 0 heterocycles. The molecular formula is C14H12N2O5.